The molecule has 0 bridgehead atoms. The fraction of sp³-hybridized carbons (Fsp3) is 0.900. The van der Waals surface area contributed by atoms with E-state index in [9.17, 15) is 13.2 Å². The van der Waals surface area contributed by atoms with Crippen LogP contribution in [-0.2, 0) is 14.3 Å². The van der Waals surface area contributed by atoms with Crippen LogP contribution in [0.1, 0.15) is 27.2 Å². The molecule has 1 rings (SSSR count). The Labute approximate surface area is 102 Å². The fourth-order valence-electron chi connectivity index (χ4n) is 1.75. The number of nitrogens with zero attached hydrogens (tertiary/aromatic N) is 1. The smallest absolute Gasteiger partial charge is 0.407 e. The molecule has 0 aromatic heterocycles. The molecule has 0 spiro atoms. The molecule has 100 valence electrons. The molecule has 1 N–H and O–H groups in total. The van der Waals surface area contributed by atoms with Crippen LogP contribution in [0.2, 0.25) is 0 Å². The minimum atomic E-state index is -3.59. The lowest BCUT2D eigenvalue weighted by Crippen LogP contribution is -2.31. The van der Waals surface area contributed by atoms with Crippen LogP contribution in [0.15, 0.2) is 0 Å². The molecule has 0 unspecified atom stereocenters. The van der Waals surface area contributed by atoms with Crippen molar-refractivity contribution < 1.29 is 22.5 Å². The number of rotatable bonds is 3. The molecule has 0 aliphatic carbocycles. The molecule has 1 aliphatic rings. The Morgan fingerprint density at radius 3 is 2.47 bits per heavy atom. The largest absolute Gasteiger partial charge is 0.465 e. The summed E-state index contributed by atoms with van der Waals surface area (Å²) in [5.41, 5.74) is -0.371. The number of carbonyl (C=O) groups is 1. The molecular weight excluding hydrogens is 246 g/mol. The van der Waals surface area contributed by atoms with Crippen LogP contribution in [0.3, 0.4) is 0 Å². The Morgan fingerprint density at radius 1 is 1.47 bits per heavy atom. The van der Waals surface area contributed by atoms with Gasteiger partial charge in [0.2, 0.25) is 0 Å². The number of hydrogen-bond donors (Lipinski definition) is 1. The molecule has 7 heteroatoms. The zero-order chi connectivity index (χ0) is 13.3. The molecule has 17 heavy (non-hydrogen) atoms. The van der Waals surface area contributed by atoms with E-state index < -0.39 is 22.3 Å². The molecule has 1 aliphatic heterocycles. The van der Waals surface area contributed by atoms with Gasteiger partial charge in [-0.15, -0.1) is 0 Å². The summed E-state index contributed by atoms with van der Waals surface area (Å²) in [6.07, 6.45) is -1.15. The molecule has 0 aromatic carbocycles. The van der Waals surface area contributed by atoms with Crippen molar-refractivity contribution >= 4 is 16.2 Å². The SMILES string of the molecule is CC(C)(C)CS(=O)(=O)O[C@@H]1CCN(C(=O)O)C1. The van der Waals surface area contributed by atoms with Gasteiger partial charge < -0.3 is 10.0 Å². The van der Waals surface area contributed by atoms with Gasteiger partial charge in [-0.2, -0.15) is 8.42 Å². The summed E-state index contributed by atoms with van der Waals surface area (Å²) >= 11 is 0. The maximum atomic E-state index is 11.7. The lowest BCUT2D eigenvalue weighted by atomic mass is 10.0. The predicted molar refractivity (Wildman–Crippen MR) is 62.3 cm³/mol. The number of carboxylic acid groups (broad SMARTS) is 1. The summed E-state index contributed by atoms with van der Waals surface area (Å²) in [7, 11) is -3.59. The van der Waals surface area contributed by atoms with E-state index in [0.717, 1.165) is 4.90 Å². The van der Waals surface area contributed by atoms with E-state index in [1.165, 1.54) is 0 Å². The molecule has 6 nitrogen and oxygen atoms in total. The van der Waals surface area contributed by atoms with E-state index in [1.54, 1.807) is 0 Å². The van der Waals surface area contributed by atoms with Gasteiger partial charge in [0.15, 0.2) is 0 Å². The average molecular weight is 265 g/mol. The zero-order valence-corrected chi connectivity index (χ0v) is 11.2. The van der Waals surface area contributed by atoms with Crippen molar-refractivity contribution in [1.82, 2.24) is 4.90 Å². The molecule has 1 fully saturated rings. The molecular formula is C10H19NO5S. The van der Waals surface area contributed by atoms with Gasteiger partial charge in [0.1, 0.15) is 0 Å². The van der Waals surface area contributed by atoms with Gasteiger partial charge in [0.25, 0.3) is 10.1 Å². The van der Waals surface area contributed by atoms with E-state index in [0.29, 0.717) is 13.0 Å². The van der Waals surface area contributed by atoms with Gasteiger partial charge >= 0.3 is 6.09 Å². The van der Waals surface area contributed by atoms with Crippen molar-refractivity contribution in [3.05, 3.63) is 0 Å². The number of likely N-dealkylation sites (tertiary alicyclic amines) is 1. The first kappa shape index (κ1) is 14.2. The van der Waals surface area contributed by atoms with Gasteiger partial charge in [-0.05, 0) is 11.8 Å². The highest BCUT2D eigenvalue weighted by Gasteiger charge is 2.32. The van der Waals surface area contributed by atoms with Gasteiger partial charge in [0, 0.05) is 6.54 Å². The summed E-state index contributed by atoms with van der Waals surface area (Å²) in [5, 5.41) is 8.74. The summed E-state index contributed by atoms with van der Waals surface area (Å²) in [6, 6.07) is 0. The van der Waals surface area contributed by atoms with Crippen molar-refractivity contribution in [2.75, 3.05) is 18.8 Å². The zero-order valence-electron chi connectivity index (χ0n) is 10.3. The fourth-order valence-corrected chi connectivity index (χ4v) is 3.45. The number of amides is 1. The van der Waals surface area contributed by atoms with E-state index >= 15 is 0 Å². The monoisotopic (exact) mass is 265 g/mol. The second-order valence-corrected chi connectivity index (χ2v) is 7.09. The lowest BCUT2D eigenvalue weighted by molar-refractivity contribution is 0.146. The van der Waals surface area contributed by atoms with Crippen LogP contribution < -0.4 is 0 Å². The van der Waals surface area contributed by atoms with Crippen molar-refractivity contribution in [1.29, 1.82) is 0 Å². The highest BCUT2D eigenvalue weighted by molar-refractivity contribution is 7.86. The Morgan fingerprint density at radius 2 is 2.06 bits per heavy atom. The maximum Gasteiger partial charge on any atom is 0.407 e. The Kier molecular flexibility index (Phi) is 4.03. The van der Waals surface area contributed by atoms with Crippen LogP contribution >= 0.6 is 0 Å². The van der Waals surface area contributed by atoms with Gasteiger partial charge in [-0.25, -0.2) is 4.79 Å². The second kappa shape index (κ2) is 4.81. The number of hydrogen-bond acceptors (Lipinski definition) is 4. The quantitative estimate of drug-likeness (QED) is 0.773. The molecule has 0 aromatic rings. The molecule has 1 amide bonds. The van der Waals surface area contributed by atoms with Crippen molar-refractivity contribution in [3.63, 3.8) is 0 Å². The van der Waals surface area contributed by atoms with Crippen LogP contribution in [0.4, 0.5) is 4.79 Å². The first-order valence-corrected chi connectivity index (χ1v) is 7.06. The van der Waals surface area contributed by atoms with Crippen LogP contribution in [0, 0.1) is 5.41 Å². The van der Waals surface area contributed by atoms with Crippen LogP contribution in [-0.4, -0.2) is 49.5 Å². The van der Waals surface area contributed by atoms with Crippen LogP contribution in [0.25, 0.3) is 0 Å². The first-order chi connectivity index (χ1) is 7.59. The van der Waals surface area contributed by atoms with E-state index in [4.69, 9.17) is 9.29 Å². The van der Waals surface area contributed by atoms with Crippen LogP contribution in [0.5, 0.6) is 0 Å². The van der Waals surface area contributed by atoms with Gasteiger partial charge in [0.05, 0.1) is 18.4 Å². The third kappa shape index (κ3) is 4.91. The van der Waals surface area contributed by atoms with E-state index in [-0.39, 0.29) is 17.7 Å². The maximum absolute atomic E-state index is 11.7. The molecule has 0 radical (unpaired) electrons. The van der Waals surface area contributed by atoms with Gasteiger partial charge in [-0.3, -0.25) is 4.18 Å². The highest BCUT2D eigenvalue weighted by atomic mass is 32.2. The highest BCUT2D eigenvalue weighted by Crippen LogP contribution is 2.21. The minimum Gasteiger partial charge on any atom is -0.465 e. The second-order valence-electron chi connectivity index (χ2n) is 5.50. The van der Waals surface area contributed by atoms with Gasteiger partial charge in [-0.1, -0.05) is 20.8 Å². The molecule has 0 saturated carbocycles. The van der Waals surface area contributed by atoms with Crippen molar-refractivity contribution in [3.8, 4) is 0 Å². The Hall–Kier alpha value is -0.820. The van der Waals surface area contributed by atoms with E-state index in [2.05, 4.69) is 0 Å². The molecule has 1 atom stereocenters. The third-order valence-corrected chi connectivity index (χ3v) is 4.09. The lowest BCUT2D eigenvalue weighted by Gasteiger charge is -2.19. The third-order valence-electron chi connectivity index (χ3n) is 2.31. The average Bonchev–Trinajstić information content (AvgIpc) is 2.46. The summed E-state index contributed by atoms with van der Waals surface area (Å²) in [6.45, 7) is 5.88. The van der Waals surface area contributed by atoms with Crippen molar-refractivity contribution in [2.24, 2.45) is 5.41 Å². The Balaban J connectivity index is 2.53. The summed E-state index contributed by atoms with van der Waals surface area (Å²) in [5.74, 6) is -0.0659. The van der Waals surface area contributed by atoms with E-state index in [1.807, 2.05) is 20.8 Å². The summed E-state index contributed by atoms with van der Waals surface area (Å²) < 4.78 is 28.4. The van der Waals surface area contributed by atoms with Crippen molar-refractivity contribution in [2.45, 2.75) is 33.3 Å². The Bertz CT molecular complexity index is 384. The topological polar surface area (TPSA) is 83.9 Å². The molecule has 1 heterocycles. The predicted octanol–water partition coefficient (Wildman–Crippen LogP) is 1.13. The normalized spacial score (nSPS) is 21.8. The minimum absolute atomic E-state index is 0.0659. The first-order valence-electron chi connectivity index (χ1n) is 5.48. The summed E-state index contributed by atoms with van der Waals surface area (Å²) in [4.78, 5) is 11.8. The standard InChI is InChI=1S/C10H19NO5S/c1-10(2,3)7-17(14,15)16-8-4-5-11(6-8)9(12)13/h8H,4-7H2,1-3H3,(H,12,13)/t8-/m1/s1. The molecule has 1 saturated heterocycles.